The van der Waals surface area contributed by atoms with Gasteiger partial charge in [-0.2, -0.15) is 0 Å². The van der Waals surface area contributed by atoms with Gasteiger partial charge in [-0.15, -0.1) is 16.9 Å². The summed E-state index contributed by atoms with van der Waals surface area (Å²) in [7, 11) is 1.72. The van der Waals surface area contributed by atoms with E-state index in [-0.39, 0.29) is 11.6 Å². The van der Waals surface area contributed by atoms with E-state index in [2.05, 4.69) is 15.6 Å². The number of anilines is 1. The van der Waals surface area contributed by atoms with Crippen LogP contribution in [-0.4, -0.2) is 45.7 Å². The second-order valence-electron chi connectivity index (χ2n) is 7.30. The molecule has 8 nitrogen and oxygen atoms in total. The van der Waals surface area contributed by atoms with Crippen molar-refractivity contribution >= 4 is 40.2 Å². The predicted octanol–water partition coefficient (Wildman–Crippen LogP) is 2.94. The third-order valence-corrected chi connectivity index (χ3v) is 6.33. The Morgan fingerprint density at radius 1 is 1.26 bits per heavy atom. The Morgan fingerprint density at radius 3 is 2.94 bits per heavy atom. The third kappa shape index (κ3) is 3.79. The van der Waals surface area contributed by atoms with Gasteiger partial charge in [0, 0.05) is 23.1 Å². The van der Waals surface area contributed by atoms with Gasteiger partial charge in [-0.25, -0.2) is 4.68 Å². The molecule has 1 aliphatic rings. The van der Waals surface area contributed by atoms with Crippen molar-refractivity contribution in [2.75, 3.05) is 17.7 Å². The third-order valence-electron chi connectivity index (χ3n) is 5.19. The lowest BCUT2D eigenvalue weighted by Crippen LogP contribution is -2.48. The van der Waals surface area contributed by atoms with E-state index >= 15 is 0 Å². The van der Waals surface area contributed by atoms with E-state index in [1.807, 2.05) is 48.5 Å². The Kier molecular flexibility index (Phi) is 4.95. The number of amides is 2. The number of thioether (sulfide) groups is 1. The smallest absolute Gasteiger partial charge is 0.274 e. The van der Waals surface area contributed by atoms with Crippen molar-refractivity contribution in [3.8, 4) is 0 Å². The van der Waals surface area contributed by atoms with Gasteiger partial charge in [0.05, 0.1) is 24.7 Å². The van der Waals surface area contributed by atoms with Crippen LogP contribution in [0.15, 0.2) is 70.3 Å². The molecule has 1 aliphatic heterocycles. The number of aromatic nitrogens is 3. The summed E-state index contributed by atoms with van der Waals surface area (Å²) in [5.41, 5.74) is 2.80. The van der Waals surface area contributed by atoms with Gasteiger partial charge < -0.3 is 14.6 Å². The Bertz CT molecular complexity index is 1270. The van der Waals surface area contributed by atoms with Crippen LogP contribution in [0.3, 0.4) is 0 Å². The molecule has 1 atom stereocenters. The van der Waals surface area contributed by atoms with Gasteiger partial charge in [0.1, 0.15) is 11.6 Å². The van der Waals surface area contributed by atoms with Crippen LogP contribution in [0, 0.1) is 0 Å². The van der Waals surface area contributed by atoms with Gasteiger partial charge in [-0.1, -0.05) is 35.5 Å². The minimum absolute atomic E-state index is 0.177. The quantitative estimate of drug-likeness (QED) is 0.532. The minimum Gasteiger partial charge on any atom is -0.464 e. The van der Waals surface area contributed by atoms with E-state index in [1.54, 1.807) is 29.1 Å². The van der Waals surface area contributed by atoms with E-state index in [0.717, 1.165) is 27.1 Å². The molecular formula is C22H19N5O3S. The zero-order valence-electron chi connectivity index (χ0n) is 16.7. The highest BCUT2D eigenvalue weighted by Gasteiger charge is 2.31. The Morgan fingerprint density at radius 2 is 2.10 bits per heavy atom. The zero-order valence-corrected chi connectivity index (χ0v) is 17.5. The van der Waals surface area contributed by atoms with E-state index in [4.69, 9.17) is 4.42 Å². The van der Waals surface area contributed by atoms with Gasteiger partial charge in [0.2, 0.25) is 5.91 Å². The molecule has 4 aromatic rings. The number of likely N-dealkylation sites (N-methyl/N-ethyl adjacent to an activating group) is 1. The molecule has 0 fully saturated rings. The molecule has 9 heteroatoms. The second-order valence-corrected chi connectivity index (χ2v) is 8.36. The van der Waals surface area contributed by atoms with Gasteiger partial charge in [0.25, 0.3) is 5.91 Å². The van der Waals surface area contributed by atoms with Crippen molar-refractivity contribution in [3.05, 3.63) is 72.2 Å². The van der Waals surface area contributed by atoms with Crippen LogP contribution < -0.4 is 10.2 Å². The summed E-state index contributed by atoms with van der Waals surface area (Å²) >= 11 is 1.51. The number of nitrogens with zero attached hydrogens (tertiary/aromatic N) is 4. The van der Waals surface area contributed by atoms with Crippen molar-refractivity contribution in [1.29, 1.82) is 0 Å². The number of fused-ring (bicyclic) bond motifs is 2. The fourth-order valence-corrected chi connectivity index (χ4v) is 4.65. The second kappa shape index (κ2) is 7.92. The fourth-order valence-electron chi connectivity index (χ4n) is 3.54. The van der Waals surface area contributed by atoms with Crippen molar-refractivity contribution < 1.29 is 14.0 Å². The number of carbonyl (C=O) groups is 2. The lowest BCUT2D eigenvalue weighted by atomic mass is 10.2. The highest BCUT2D eigenvalue weighted by molar-refractivity contribution is 7.99. The van der Waals surface area contributed by atoms with Crippen LogP contribution in [-0.2, 0) is 11.3 Å². The maximum atomic E-state index is 13.0. The largest absolute Gasteiger partial charge is 0.464 e. The molecule has 3 heterocycles. The summed E-state index contributed by atoms with van der Waals surface area (Å²) in [5, 5.41) is 11.7. The summed E-state index contributed by atoms with van der Waals surface area (Å²) in [6.45, 7) is 0.512. The van der Waals surface area contributed by atoms with Crippen LogP contribution in [0.2, 0.25) is 0 Å². The molecule has 0 bridgehead atoms. The molecule has 5 rings (SSSR count). The molecule has 1 N–H and O–H groups in total. The molecule has 31 heavy (non-hydrogen) atoms. The topological polar surface area (TPSA) is 93.3 Å². The SMILES string of the molecule is CN1C(=O)C(NC(=O)c2cn(Cc3ccccc3)nn2)CSc2cc3occc3cc21. The Labute approximate surface area is 182 Å². The number of hydrogen-bond acceptors (Lipinski definition) is 6. The predicted molar refractivity (Wildman–Crippen MR) is 117 cm³/mol. The Hall–Kier alpha value is -3.59. The monoisotopic (exact) mass is 433 g/mol. The van der Waals surface area contributed by atoms with E-state index in [1.165, 1.54) is 11.8 Å². The van der Waals surface area contributed by atoms with Crippen LogP contribution in [0.1, 0.15) is 16.1 Å². The molecule has 156 valence electrons. The normalized spacial score (nSPS) is 16.2. The van der Waals surface area contributed by atoms with Gasteiger partial charge in [-0.3, -0.25) is 9.59 Å². The molecule has 0 saturated carbocycles. The summed E-state index contributed by atoms with van der Waals surface area (Å²) in [6.07, 6.45) is 3.22. The maximum absolute atomic E-state index is 13.0. The maximum Gasteiger partial charge on any atom is 0.274 e. The van der Waals surface area contributed by atoms with E-state index < -0.39 is 11.9 Å². The molecule has 0 aliphatic carbocycles. The molecule has 2 aromatic carbocycles. The highest BCUT2D eigenvalue weighted by atomic mass is 32.2. The van der Waals surface area contributed by atoms with Crippen LogP contribution in [0.4, 0.5) is 5.69 Å². The molecule has 0 saturated heterocycles. The van der Waals surface area contributed by atoms with Crippen LogP contribution >= 0.6 is 11.8 Å². The minimum atomic E-state index is -0.680. The number of furan rings is 1. The summed E-state index contributed by atoms with van der Waals surface area (Å²) < 4.78 is 7.08. The van der Waals surface area contributed by atoms with Crippen molar-refractivity contribution in [1.82, 2.24) is 20.3 Å². The molecule has 0 spiro atoms. The fraction of sp³-hybridized carbons (Fsp3) is 0.182. The standard InChI is InChI=1S/C22H19N5O3S/c1-26-18-9-15-7-8-30-19(15)10-20(18)31-13-17(22(26)29)23-21(28)16-12-27(25-24-16)11-14-5-3-2-4-6-14/h2-10,12,17H,11,13H2,1H3,(H,23,28). The van der Waals surface area contributed by atoms with Crippen molar-refractivity contribution in [3.63, 3.8) is 0 Å². The summed E-state index contributed by atoms with van der Waals surface area (Å²) in [4.78, 5) is 28.3. The van der Waals surface area contributed by atoms with Crippen molar-refractivity contribution in [2.24, 2.45) is 0 Å². The number of rotatable bonds is 4. The molecule has 2 amide bonds. The van der Waals surface area contributed by atoms with Crippen LogP contribution in [0.5, 0.6) is 0 Å². The number of nitrogens with one attached hydrogen (secondary N) is 1. The summed E-state index contributed by atoms with van der Waals surface area (Å²) in [6, 6.07) is 14.8. The first-order chi connectivity index (χ1) is 15.1. The van der Waals surface area contributed by atoms with Crippen LogP contribution in [0.25, 0.3) is 11.0 Å². The molecule has 1 unspecified atom stereocenters. The van der Waals surface area contributed by atoms with Crippen molar-refractivity contribution in [2.45, 2.75) is 17.5 Å². The number of benzene rings is 2. The average Bonchev–Trinajstić information content (AvgIpc) is 3.42. The molecular weight excluding hydrogens is 414 g/mol. The lowest BCUT2D eigenvalue weighted by molar-refractivity contribution is -0.119. The van der Waals surface area contributed by atoms with Gasteiger partial charge in [-0.05, 0) is 23.8 Å². The van der Waals surface area contributed by atoms with E-state index in [9.17, 15) is 9.59 Å². The number of hydrogen-bond donors (Lipinski definition) is 1. The number of carbonyl (C=O) groups excluding carboxylic acids is 2. The Balaban J connectivity index is 1.31. The molecule has 0 radical (unpaired) electrons. The van der Waals surface area contributed by atoms with Gasteiger partial charge in [0.15, 0.2) is 5.69 Å². The first-order valence-electron chi connectivity index (χ1n) is 9.75. The highest BCUT2D eigenvalue weighted by Crippen LogP contribution is 2.37. The molecule has 2 aromatic heterocycles. The first kappa shape index (κ1) is 19.4. The van der Waals surface area contributed by atoms with E-state index in [0.29, 0.717) is 12.3 Å². The lowest BCUT2D eigenvalue weighted by Gasteiger charge is -2.21. The average molecular weight is 433 g/mol. The zero-order chi connectivity index (χ0) is 21.4. The van der Waals surface area contributed by atoms with Gasteiger partial charge >= 0.3 is 0 Å². The summed E-state index contributed by atoms with van der Waals surface area (Å²) in [5.74, 6) is -0.197. The first-order valence-corrected chi connectivity index (χ1v) is 10.7.